The van der Waals surface area contributed by atoms with Crippen LogP contribution >= 0.6 is 0 Å². The Morgan fingerprint density at radius 3 is 2.80 bits per heavy atom. The van der Waals surface area contributed by atoms with E-state index in [9.17, 15) is 0 Å². The van der Waals surface area contributed by atoms with E-state index in [0.717, 1.165) is 42.9 Å². The maximum atomic E-state index is 6.01. The molecular weight excluding hydrogens is 310 g/mol. The number of pyridine rings is 1. The van der Waals surface area contributed by atoms with Crippen LogP contribution in [0.15, 0.2) is 54.9 Å². The van der Waals surface area contributed by atoms with E-state index in [4.69, 9.17) is 9.72 Å². The molecule has 4 heteroatoms. The van der Waals surface area contributed by atoms with E-state index < -0.39 is 0 Å². The third-order valence-corrected chi connectivity index (χ3v) is 4.32. The summed E-state index contributed by atoms with van der Waals surface area (Å²) in [5, 5.41) is 3.48. The van der Waals surface area contributed by atoms with Crippen LogP contribution in [0, 0.1) is 0 Å². The van der Waals surface area contributed by atoms with Crippen molar-refractivity contribution in [3.63, 3.8) is 0 Å². The zero-order valence-corrected chi connectivity index (χ0v) is 15.1. The lowest BCUT2D eigenvalue weighted by Gasteiger charge is -2.09. The topological polar surface area (TPSA) is 38.6 Å². The summed E-state index contributed by atoms with van der Waals surface area (Å²) in [5.74, 6) is 0.851. The monoisotopic (exact) mass is 337 g/mol. The van der Waals surface area contributed by atoms with Crippen molar-refractivity contribution in [1.29, 1.82) is 0 Å². The van der Waals surface area contributed by atoms with E-state index in [-0.39, 0.29) is 6.04 Å². The van der Waals surface area contributed by atoms with Gasteiger partial charge in [0, 0.05) is 18.4 Å². The molecule has 0 saturated carbocycles. The van der Waals surface area contributed by atoms with E-state index in [2.05, 4.69) is 49.6 Å². The highest BCUT2D eigenvalue weighted by atomic mass is 16.5. The van der Waals surface area contributed by atoms with Crippen molar-refractivity contribution in [1.82, 2.24) is 14.7 Å². The lowest BCUT2D eigenvalue weighted by atomic mass is 10.1. The molecule has 3 aromatic rings. The SMILES string of the molecule is CCCNC(C)c1cn2cccc(OCCCc3ccccc3)c2n1. The predicted octanol–water partition coefficient (Wildman–Crippen LogP) is 4.41. The van der Waals surface area contributed by atoms with Crippen molar-refractivity contribution in [2.75, 3.05) is 13.2 Å². The number of rotatable bonds is 9. The second-order valence-corrected chi connectivity index (χ2v) is 6.38. The molecule has 0 amide bonds. The Morgan fingerprint density at radius 2 is 2.00 bits per heavy atom. The fraction of sp³-hybridized carbons (Fsp3) is 0.381. The van der Waals surface area contributed by atoms with Gasteiger partial charge in [0.05, 0.1) is 12.3 Å². The summed E-state index contributed by atoms with van der Waals surface area (Å²) in [7, 11) is 0. The van der Waals surface area contributed by atoms with Gasteiger partial charge >= 0.3 is 0 Å². The predicted molar refractivity (Wildman–Crippen MR) is 102 cm³/mol. The maximum absolute atomic E-state index is 6.01. The van der Waals surface area contributed by atoms with E-state index in [1.165, 1.54) is 5.56 Å². The summed E-state index contributed by atoms with van der Waals surface area (Å²) in [4.78, 5) is 4.78. The molecule has 1 N–H and O–H groups in total. The Hall–Kier alpha value is -2.33. The molecule has 1 aromatic carbocycles. The van der Waals surface area contributed by atoms with Crippen LogP contribution in [0.2, 0.25) is 0 Å². The minimum atomic E-state index is 0.241. The van der Waals surface area contributed by atoms with E-state index in [0.29, 0.717) is 6.61 Å². The van der Waals surface area contributed by atoms with Crippen molar-refractivity contribution in [2.45, 2.75) is 39.2 Å². The molecule has 2 heterocycles. The van der Waals surface area contributed by atoms with Gasteiger partial charge in [-0.1, -0.05) is 37.3 Å². The van der Waals surface area contributed by atoms with Gasteiger partial charge in [0.1, 0.15) is 0 Å². The molecule has 132 valence electrons. The highest BCUT2D eigenvalue weighted by Crippen LogP contribution is 2.22. The smallest absolute Gasteiger partial charge is 0.179 e. The third kappa shape index (κ3) is 4.60. The fourth-order valence-corrected chi connectivity index (χ4v) is 2.90. The molecule has 0 aliphatic heterocycles. The average Bonchev–Trinajstić information content (AvgIpc) is 3.09. The Kier molecular flexibility index (Phi) is 6.07. The number of ether oxygens (including phenoxy) is 1. The molecule has 25 heavy (non-hydrogen) atoms. The van der Waals surface area contributed by atoms with Crippen molar-refractivity contribution in [3.8, 4) is 5.75 Å². The molecular formula is C21H27N3O. The van der Waals surface area contributed by atoms with Gasteiger partial charge in [-0.05, 0) is 50.4 Å². The second-order valence-electron chi connectivity index (χ2n) is 6.38. The molecule has 0 radical (unpaired) electrons. The van der Waals surface area contributed by atoms with Crippen molar-refractivity contribution in [3.05, 3.63) is 66.1 Å². The van der Waals surface area contributed by atoms with Crippen molar-refractivity contribution >= 4 is 5.65 Å². The molecule has 2 aromatic heterocycles. The number of aryl methyl sites for hydroxylation is 1. The van der Waals surface area contributed by atoms with Gasteiger partial charge in [-0.2, -0.15) is 0 Å². The summed E-state index contributed by atoms with van der Waals surface area (Å²) in [6.45, 7) is 6.01. The highest BCUT2D eigenvalue weighted by molar-refractivity contribution is 5.54. The number of nitrogens with one attached hydrogen (secondary N) is 1. The van der Waals surface area contributed by atoms with Crippen LogP contribution in [0.3, 0.4) is 0 Å². The standard InChI is InChI=1S/C21H27N3O/c1-3-13-22-17(2)19-16-24-14-7-12-20(21(24)23-19)25-15-8-11-18-9-5-4-6-10-18/h4-7,9-10,12,14,16-17,22H,3,8,11,13,15H2,1-2H3. The number of aromatic nitrogens is 2. The Morgan fingerprint density at radius 1 is 1.16 bits per heavy atom. The minimum absolute atomic E-state index is 0.241. The van der Waals surface area contributed by atoms with Crippen LogP contribution < -0.4 is 10.1 Å². The number of fused-ring (bicyclic) bond motifs is 1. The Bertz CT molecular complexity index is 782. The van der Waals surface area contributed by atoms with Crippen molar-refractivity contribution < 1.29 is 4.74 Å². The van der Waals surface area contributed by atoms with Crippen molar-refractivity contribution in [2.24, 2.45) is 0 Å². The number of imidazole rings is 1. The van der Waals surface area contributed by atoms with Gasteiger partial charge in [-0.3, -0.25) is 0 Å². The zero-order chi connectivity index (χ0) is 17.5. The largest absolute Gasteiger partial charge is 0.490 e. The summed E-state index contributed by atoms with van der Waals surface area (Å²) >= 11 is 0. The van der Waals surface area contributed by atoms with E-state index >= 15 is 0 Å². The second kappa shape index (κ2) is 8.67. The maximum Gasteiger partial charge on any atom is 0.179 e. The molecule has 4 nitrogen and oxygen atoms in total. The molecule has 0 fully saturated rings. The summed E-state index contributed by atoms with van der Waals surface area (Å²) in [6, 6.07) is 14.8. The number of hydrogen-bond acceptors (Lipinski definition) is 3. The van der Waals surface area contributed by atoms with Gasteiger partial charge in [0.15, 0.2) is 11.4 Å². The van der Waals surface area contributed by atoms with E-state index in [1.54, 1.807) is 0 Å². The van der Waals surface area contributed by atoms with Crippen LogP contribution in [0.1, 0.15) is 44.0 Å². The number of hydrogen-bond donors (Lipinski definition) is 1. The Balaban J connectivity index is 1.62. The van der Waals surface area contributed by atoms with Crippen LogP contribution in [-0.4, -0.2) is 22.5 Å². The lowest BCUT2D eigenvalue weighted by molar-refractivity contribution is 0.313. The van der Waals surface area contributed by atoms with E-state index in [1.807, 2.05) is 28.8 Å². The number of nitrogens with zero attached hydrogens (tertiary/aromatic N) is 2. The normalized spacial score (nSPS) is 12.4. The van der Waals surface area contributed by atoms with Crippen LogP contribution in [0.25, 0.3) is 5.65 Å². The quantitative estimate of drug-likeness (QED) is 0.588. The Labute approximate surface area is 149 Å². The summed E-state index contributed by atoms with van der Waals surface area (Å²) in [5.41, 5.74) is 3.29. The first kappa shape index (κ1) is 17.5. The first-order valence-corrected chi connectivity index (χ1v) is 9.15. The fourth-order valence-electron chi connectivity index (χ4n) is 2.90. The third-order valence-electron chi connectivity index (χ3n) is 4.32. The summed E-state index contributed by atoms with van der Waals surface area (Å²) in [6.07, 6.45) is 7.25. The molecule has 0 saturated heterocycles. The van der Waals surface area contributed by atoms with Crippen LogP contribution in [0.4, 0.5) is 0 Å². The first-order chi connectivity index (χ1) is 12.3. The van der Waals surface area contributed by atoms with Crippen LogP contribution in [-0.2, 0) is 6.42 Å². The average molecular weight is 337 g/mol. The molecule has 0 aliphatic rings. The van der Waals surface area contributed by atoms with Gasteiger partial charge < -0.3 is 14.5 Å². The lowest BCUT2D eigenvalue weighted by Crippen LogP contribution is -2.19. The molecule has 1 unspecified atom stereocenters. The highest BCUT2D eigenvalue weighted by Gasteiger charge is 2.12. The first-order valence-electron chi connectivity index (χ1n) is 9.15. The van der Waals surface area contributed by atoms with Crippen LogP contribution in [0.5, 0.6) is 5.75 Å². The van der Waals surface area contributed by atoms with Gasteiger partial charge in [0.2, 0.25) is 0 Å². The number of benzene rings is 1. The van der Waals surface area contributed by atoms with Gasteiger partial charge in [-0.15, -0.1) is 0 Å². The molecule has 0 aliphatic carbocycles. The summed E-state index contributed by atoms with van der Waals surface area (Å²) < 4.78 is 8.06. The van der Waals surface area contributed by atoms with Gasteiger partial charge in [0.25, 0.3) is 0 Å². The molecule has 0 spiro atoms. The zero-order valence-electron chi connectivity index (χ0n) is 15.1. The molecule has 0 bridgehead atoms. The minimum Gasteiger partial charge on any atom is -0.490 e. The molecule has 1 atom stereocenters. The molecule has 3 rings (SSSR count). The van der Waals surface area contributed by atoms with Gasteiger partial charge in [-0.25, -0.2) is 4.98 Å².